The van der Waals surface area contributed by atoms with Crippen molar-refractivity contribution in [3.8, 4) is 0 Å². The van der Waals surface area contributed by atoms with Gasteiger partial charge in [-0.3, -0.25) is 4.79 Å². The monoisotopic (exact) mass is 348 g/mol. The summed E-state index contributed by atoms with van der Waals surface area (Å²) < 4.78 is 4.02. The van der Waals surface area contributed by atoms with Crippen molar-refractivity contribution in [3.63, 3.8) is 0 Å². The number of nitrogens with one attached hydrogen (secondary N) is 1. The van der Waals surface area contributed by atoms with Crippen LogP contribution in [0.5, 0.6) is 0 Å². The first-order valence-corrected chi connectivity index (χ1v) is 9.09. The van der Waals surface area contributed by atoms with E-state index in [1.54, 1.807) is 0 Å². The van der Waals surface area contributed by atoms with Crippen LogP contribution in [0.4, 0.5) is 0 Å². The lowest BCUT2D eigenvalue weighted by Gasteiger charge is -2.07. The van der Waals surface area contributed by atoms with Crippen molar-refractivity contribution in [3.05, 3.63) is 52.2 Å². The van der Waals surface area contributed by atoms with Crippen molar-refractivity contribution in [2.75, 3.05) is 0 Å². The van der Waals surface area contributed by atoms with Crippen LogP contribution in [0, 0.1) is 6.92 Å². The minimum absolute atomic E-state index is 0.176. The predicted octanol–water partition coefficient (Wildman–Crippen LogP) is 2.94. The van der Waals surface area contributed by atoms with Crippen molar-refractivity contribution in [1.82, 2.24) is 29.8 Å². The standard InChI is InChI=1S/C19H20N6O/c1-12-17-15-8-4-5-9-16(15)24(18(17)19(26)22-20-12)10-13-11-25(23-21-13)14-6-2-3-7-14/h4-5,8-9,11,14H,2-3,6-7,10H2,1H3,(H,22,26). The van der Waals surface area contributed by atoms with Gasteiger partial charge in [-0.05, 0) is 25.8 Å². The fourth-order valence-corrected chi connectivity index (χ4v) is 4.21. The van der Waals surface area contributed by atoms with Crippen molar-refractivity contribution in [2.24, 2.45) is 0 Å². The van der Waals surface area contributed by atoms with Crippen LogP contribution in [-0.4, -0.2) is 29.8 Å². The molecule has 1 fully saturated rings. The number of rotatable bonds is 3. The molecule has 0 amide bonds. The molecule has 3 heterocycles. The number of aromatic nitrogens is 6. The van der Waals surface area contributed by atoms with Gasteiger partial charge in [0.25, 0.3) is 5.56 Å². The molecule has 0 saturated heterocycles. The van der Waals surface area contributed by atoms with Crippen molar-refractivity contribution in [1.29, 1.82) is 0 Å². The molecule has 5 rings (SSSR count). The van der Waals surface area contributed by atoms with E-state index in [-0.39, 0.29) is 5.56 Å². The molecule has 132 valence electrons. The fourth-order valence-electron chi connectivity index (χ4n) is 4.21. The maximum atomic E-state index is 12.5. The maximum absolute atomic E-state index is 12.5. The largest absolute Gasteiger partial charge is 0.330 e. The first-order valence-electron chi connectivity index (χ1n) is 9.09. The molecule has 7 heteroatoms. The molecule has 0 bridgehead atoms. The summed E-state index contributed by atoms with van der Waals surface area (Å²) in [5.74, 6) is 0. The normalized spacial score (nSPS) is 15.4. The summed E-state index contributed by atoms with van der Waals surface area (Å²) in [5, 5.41) is 17.4. The van der Waals surface area contributed by atoms with Gasteiger partial charge in [0.1, 0.15) is 11.2 Å². The van der Waals surface area contributed by atoms with Gasteiger partial charge in [0, 0.05) is 16.3 Å². The van der Waals surface area contributed by atoms with Gasteiger partial charge < -0.3 is 4.57 Å². The number of aryl methyl sites for hydroxylation is 1. The van der Waals surface area contributed by atoms with E-state index in [2.05, 4.69) is 20.5 Å². The van der Waals surface area contributed by atoms with E-state index >= 15 is 0 Å². The van der Waals surface area contributed by atoms with Crippen LogP contribution >= 0.6 is 0 Å². The van der Waals surface area contributed by atoms with E-state index in [4.69, 9.17) is 0 Å². The van der Waals surface area contributed by atoms with E-state index in [1.807, 2.05) is 46.6 Å². The molecule has 1 N–H and O–H groups in total. The summed E-state index contributed by atoms with van der Waals surface area (Å²) in [6.07, 6.45) is 6.88. The first-order chi connectivity index (χ1) is 12.7. The number of nitrogens with zero attached hydrogens (tertiary/aromatic N) is 5. The summed E-state index contributed by atoms with van der Waals surface area (Å²) in [6, 6.07) is 8.52. The van der Waals surface area contributed by atoms with Crippen molar-refractivity contribution >= 4 is 21.8 Å². The van der Waals surface area contributed by atoms with E-state index in [1.165, 1.54) is 25.7 Å². The number of hydrogen-bond acceptors (Lipinski definition) is 4. The highest BCUT2D eigenvalue weighted by Gasteiger charge is 2.20. The van der Waals surface area contributed by atoms with Crippen LogP contribution in [0.15, 0.2) is 35.3 Å². The molecular weight excluding hydrogens is 328 g/mol. The summed E-state index contributed by atoms with van der Waals surface area (Å²) in [6.45, 7) is 2.44. The molecule has 26 heavy (non-hydrogen) atoms. The Morgan fingerprint density at radius 1 is 1.23 bits per heavy atom. The van der Waals surface area contributed by atoms with Gasteiger partial charge in [0.15, 0.2) is 0 Å². The van der Waals surface area contributed by atoms with Crippen molar-refractivity contribution < 1.29 is 0 Å². The van der Waals surface area contributed by atoms with Gasteiger partial charge in [-0.25, -0.2) is 9.78 Å². The topological polar surface area (TPSA) is 81.4 Å². The number of H-pyrrole nitrogens is 1. The summed E-state index contributed by atoms with van der Waals surface area (Å²) in [7, 11) is 0. The smallest absolute Gasteiger partial charge is 0.288 e. The Balaban J connectivity index is 1.66. The second-order valence-electron chi connectivity index (χ2n) is 7.09. The second-order valence-corrected chi connectivity index (χ2v) is 7.09. The Kier molecular flexibility index (Phi) is 3.41. The molecule has 0 spiro atoms. The second kappa shape index (κ2) is 5.79. The molecule has 1 aliphatic carbocycles. The highest BCUT2D eigenvalue weighted by Crippen LogP contribution is 2.30. The average molecular weight is 348 g/mol. The summed E-state index contributed by atoms with van der Waals surface area (Å²) in [4.78, 5) is 12.5. The third-order valence-corrected chi connectivity index (χ3v) is 5.45. The zero-order chi connectivity index (χ0) is 17.7. The number of benzene rings is 1. The van der Waals surface area contributed by atoms with Crippen LogP contribution in [0.3, 0.4) is 0 Å². The molecule has 0 radical (unpaired) electrons. The van der Waals surface area contributed by atoms with Gasteiger partial charge in [-0.1, -0.05) is 36.3 Å². The van der Waals surface area contributed by atoms with Gasteiger partial charge >= 0.3 is 0 Å². The third-order valence-electron chi connectivity index (χ3n) is 5.45. The van der Waals surface area contributed by atoms with E-state index < -0.39 is 0 Å². The zero-order valence-corrected chi connectivity index (χ0v) is 14.6. The Bertz CT molecular complexity index is 1160. The highest BCUT2D eigenvalue weighted by atomic mass is 16.1. The molecule has 3 aromatic heterocycles. The Labute approximate surface area is 149 Å². The Morgan fingerprint density at radius 2 is 2.04 bits per heavy atom. The summed E-state index contributed by atoms with van der Waals surface area (Å²) >= 11 is 0. The number of para-hydroxylation sites is 1. The fraction of sp³-hybridized carbons (Fsp3) is 0.368. The van der Waals surface area contributed by atoms with Crippen LogP contribution in [-0.2, 0) is 6.54 Å². The van der Waals surface area contributed by atoms with E-state index in [9.17, 15) is 4.79 Å². The maximum Gasteiger partial charge on any atom is 0.288 e. The minimum atomic E-state index is -0.176. The summed E-state index contributed by atoms with van der Waals surface area (Å²) in [5.41, 5.74) is 3.18. The molecule has 0 atom stereocenters. The highest BCUT2D eigenvalue weighted by molar-refractivity contribution is 6.08. The number of hydrogen-bond donors (Lipinski definition) is 1. The van der Waals surface area contributed by atoms with Gasteiger partial charge in [0.05, 0.1) is 24.5 Å². The molecule has 1 aliphatic rings. The molecule has 0 aliphatic heterocycles. The number of fused-ring (bicyclic) bond motifs is 3. The lowest BCUT2D eigenvalue weighted by molar-refractivity contribution is 0.454. The first kappa shape index (κ1) is 15.3. The Morgan fingerprint density at radius 3 is 2.88 bits per heavy atom. The minimum Gasteiger partial charge on any atom is -0.330 e. The molecular formula is C19H20N6O. The molecule has 0 unspecified atom stereocenters. The predicted molar refractivity (Wildman–Crippen MR) is 99.2 cm³/mol. The van der Waals surface area contributed by atoms with Gasteiger partial charge in [-0.15, -0.1) is 5.10 Å². The van der Waals surface area contributed by atoms with Crippen LogP contribution in [0.25, 0.3) is 21.8 Å². The lowest BCUT2D eigenvalue weighted by Crippen LogP contribution is -2.14. The zero-order valence-electron chi connectivity index (χ0n) is 14.6. The quantitative estimate of drug-likeness (QED) is 0.617. The number of aromatic amines is 1. The Hall–Kier alpha value is -2.96. The van der Waals surface area contributed by atoms with Gasteiger partial charge in [0.2, 0.25) is 0 Å². The average Bonchev–Trinajstić information content (AvgIpc) is 3.38. The molecule has 1 saturated carbocycles. The van der Waals surface area contributed by atoms with Gasteiger partial charge in [-0.2, -0.15) is 5.10 Å². The van der Waals surface area contributed by atoms with E-state index in [0.717, 1.165) is 27.7 Å². The SMILES string of the molecule is Cc1n[nH]c(=O)c2c1c1ccccc1n2Cc1cn(C2CCCC2)nn1. The molecule has 7 nitrogen and oxygen atoms in total. The molecule has 4 aromatic rings. The van der Waals surface area contributed by atoms with Crippen LogP contribution < -0.4 is 5.56 Å². The lowest BCUT2D eigenvalue weighted by atomic mass is 10.1. The van der Waals surface area contributed by atoms with Crippen LogP contribution in [0.2, 0.25) is 0 Å². The van der Waals surface area contributed by atoms with E-state index in [0.29, 0.717) is 18.1 Å². The van der Waals surface area contributed by atoms with Crippen molar-refractivity contribution in [2.45, 2.75) is 45.2 Å². The molecule has 1 aromatic carbocycles. The van der Waals surface area contributed by atoms with Crippen LogP contribution in [0.1, 0.15) is 43.1 Å². The third kappa shape index (κ3) is 2.27.